The van der Waals surface area contributed by atoms with Gasteiger partial charge >= 0.3 is 0 Å². The summed E-state index contributed by atoms with van der Waals surface area (Å²) in [5.74, 6) is 0.806. The first kappa shape index (κ1) is 11.2. The highest BCUT2D eigenvalue weighted by molar-refractivity contribution is 5.66. The molecule has 0 aromatic carbocycles. The van der Waals surface area contributed by atoms with Crippen molar-refractivity contribution in [3.05, 3.63) is 17.8 Å². The normalized spacial score (nSPS) is 25.8. The van der Waals surface area contributed by atoms with E-state index < -0.39 is 5.60 Å². The summed E-state index contributed by atoms with van der Waals surface area (Å²) in [6.07, 6.45) is 3.58. The van der Waals surface area contributed by atoms with Gasteiger partial charge in [-0.25, -0.2) is 4.98 Å². The Morgan fingerprint density at radius 1 is 1.56 bits per heavy atom. The Balaban J connectivity index is 2.27. The Morgan fingerprint density at radius 3 is 3.00 bits per heavy atom. The van der Waals surface area contributed by atoms with E-state index in [1.54, 1.807) is 6.20 Å². The molecule has 1 atom stereocenters. The molecule has 0 radical (unpaired) electrons. The minimum atomic E-state index is -0.629. The fraction of sp³-hybridized carbons (Fsp3) is 0.583. The summed E-state index contributed by atoms with van der Waals surface area (Å²) in [7, 11) is 0. The number of nitrogen functional groups attached to an aromatic ring is 1. The van der Waals surface area contributed by atoms with Gasteiger partial charge in [-0.2, -0.15) is 0 Å². The maximum Gasteiger partial charge on any atom is 0.152 e. The van der Waals surface area contributed by atoms with E-state index in [1.807, 2.05) is 19.9 Å². The molecule has 16 heavy (non-hydrogen) atoms. The van der Waals surface area contributed by atoms with Crippen molar-refractivity contribution in [2.24, 2.45) is 0 Å². The highest BCUT2D eigenvalue weighted by Gasteiger charge is 2.29. The fourth-order valence-corrected chi connectivity index (χ4v) is 2.21. The molecule has 2 rings (SSSR count). The van der Waals surface area contributed by atoms with E-state index in [9.17, 15) is 5.11 Å². The summed E-state index contributed by atoms with van der Waals surface area (Å²) < 4.78 is 0. The van der Waals surface area contributed by atoms with Crippen LogP contribution in [-0.4, -0.2) is 28.8 Å². The molecule has 0 aliphatic carbocycles. The third kappa shape index (κ3) is 2.11. The van der Waals surface area contributed by atoms with Crippen LogP contribution >= 0.6 is 0 Å². The van der Waals surface area contributed by atoms with Crippen LogP contribution < -0.4 is 10.6 Å². The summed E-state index contributed by atoms with van der Waals surface area (Å²) in [5.41, 5.74) is 7.15. The summed E-state index contributed by atoms with van der Waals surface area (Å²) in [5, 5.41) is 10.1. The van der Waals surface area contributed by atoms with Gasteiger partial charge in [0.05, 0.1) is 11.3 Å². The van der Waals surface area contributed by atoms with Crippen molar-refractivity contribution in [1.29, 1.82) is 0 Å². The van der Waals surface area contributed by atoms with Crippen molar-refractivity contribution in [2.75, 3.05) is 23.7 Å². The molecule has 0 bridgehead atoms. The zero-order valence-corrected chi connectivity index (χ0v) is 9.90. The van der Waals surface area contributed by atoms with Crippen molar-refractivity contribution in [1.82, 2.24) is 4.98 Å². The van der Waals surface area contributed by atoms with E-state index in [0.717, 1.165) is 36.5 Å². The maximum atomic E-state index is 10.1. The molecule has 1 aromatic heterocycles. The number of β-amino-alcohol motifs (C(OH)–C–C–N with tert-alkyl or cyclic N) is 1. The average molecular weight is 221 g/mol. The molecule has 0 saturated carbocycles. The Hall–Kier alpha value is -1.29. The molecular weight excluding hydrogens is 202 g/mol. The number of hydrogen-bond donors (Lipinski definition) is 2. The predicted octanol–water partition coefficient (Wildman–Crippen LogP) is 1.32. The van der Waals surface area contributed by atoms with E-state index in [1.165, 1.54) is 0 Å². The van der Waals surface area contributed by atoms with Crippen LogP contribution in [0.15, 0.2) is 12.3 Å². The van der Waals surface area contributed by atoms with Gasteiger partial charge in [-0.15, -0.1) is 0 Å². The van der Waals surface area contributed by atoms with Crippen LogP contribution in [0.1, 0.15) is 25.3 Å². The first-order valence-corrected chi connectivity index (χ1v) is 5.68. The minimum absolute atomic E-state index is 0.605. The third-order valence-electron chi connectivity index (χ3n) is 3.16. The highest BCUT2D eigenvalue weighted by atomic mass is 16.3. The summed E-state index contributed by atoms with van der Waals surface area (Å²) >= 11 is 0. The number of nitrogens with zero attached hydrogens (tertiary/aromatic N) is 2. The zero-order chi connectivity index (χ0) is 11.8. The van der Waals surface area contributed by atoms with E-state index in [0.29, 0.717) is 6.54 Å². The number of hydrogen-bond acceptors (Lipinski definition) is 4. The smallest absolute Gasteiger partial charge is 0.152 e. The van der Waals surface area contributed by atoms with Gasteiger partial charge in [-0.3, -0.25) is 0 Å². The Morgan fingerprint density at radius 2 is 2.31 bits per heavy atom. The molecule has 88 valence electrons. The molecule has 0 amide bonds. The van der Waals surface area contributed by atoms with Crippen molar-refractivity contribution in [2.45, 2.75) is 32.3 Å². The topological polar surface area (TPSA) is 62.4 Å². The minimum Gasteiger partial charge on any atom is -0.396 e. The van der Waals surface area contributed by atoms with Gasteiger partial charge in [-0.1, -0.05) is 0 Å². The zero-order valence-electron chi connectivity index (χ0n) is 9.90. The predicted molar refractivity (Wildman–Crippen MR) is 65.5 cm³/mol. The number of aliphatic hydroxyl groups is 1. The molecule has 4 heteroatoms. The van der Waals surface area contributed by atoms with Crippen LogP contribution in [0, 0.1) is 6.92 Å². The van der Waals surface area contributed by atoms with Gasteiger partial charge in [0.2, 0.25) is 0 Å². The second kappa shape index (κ2) is 3.94. The summed E-state index contributed by atoms with van der Waals surface area (Å²) in [4.78, 5) is 6.39. The number of aromatic nitrogens is 1. The molecule has 1 fully saturated rings. The first-order valence-electron chi connectivity index (χ1n) is 5.68. The molecule has 1 aliphatic rings. The van der Waals surface area contributed by atoms with Crippen LogP contribution in [0.2, 0.25) is 0 Å². The monoisotopic (exact) mass is 221 g/mol. The van der Waals surface area contributed by atoms with Gasteiger partial charge in [0, 0.05) is 19.3 Å². The fourth-order valence-electron chi connectivity index (χ4n) is 2.21. The third-order valence-corrected chi connectivity index (χ3v) is 3.16. The van der Waals surface area contributed by atoms with Crippen molar-refractivity contribution < 1.29 is 5.11 Å². The van der Waals surface area contributed by atoms with Crippen LogP contribution in [0.5, 0.6) is 0 Å². The second-order valence-corrected chi connectivity index (χ2v) is 4.89. The van der Waals surface area contributed by atoms with Gasteiger partial charge < -0.3 is 15.7 Å². The number of pyridine rings is 1. The highest BCUT2D eigenvalue weighted by Crippen LogP contribution is 2.29. The lowest BCUT2D eigenvalue weighted by Gasteiger charge is -2.38. The molecule has 2 heterocycles. The quantitative estimate of drug-likeness (QED) is 0.751. The summed E-state index contributed by atoms with van der Waals surface area (Å²) in [6.45, 7) is 5.36. The molecule has 3 N–H and O–H groups in total. The van der Waals surface area contributed by atoms with E-state index in [4.69, 9.17) is 5.73 Å². The van der Waals surface area contributed by atoms with E-state index in [-0.39, 0.29) is 0 Å². The molecule has 0 spiro atoms. The Labute approximate surface area is 96.1 Å². The number of rotatable bonds is 1. The molecule has 1 unspecified atom stereocenters. The maximum absolute atomic E-state index is 10.1. The Bertz CT molecular complexity index is 390. The van der Waals surface area contributed by atoms with E-state index in [2.05, 4.69) is 9.88 Å². The van der Waals surface area contributed by atoms with Gasteiger partial charge in [0.25, 0.3) is 0 Å². The Kier molecular flexibility index (Phi) is 2.76. The van der Waals surface area contributed by atoms with Crippen LogP contribution in [0.3, 0.4) is 0 Å². The van der Waals surface area contributed by atoms with Crippen LogP contribution in [0.4, 0.5) is 11.5 Å². The lowest BCUT2D eigenvalue weighted by molar-refractivity contribution is 0.0447. The standard InChI is InChI=1S/C12H19N3O/c1-9-4-6-14-11(10(9)13)15-7-3-5-12(2,16)8-15/h4,6,16H,3,5,7-8,13H2,1-2H3. The van der Waals surface area contributed by atoms with Gasteiger partial charge in [0.15, 0.2) is 5.82 Å². The van der Waals surface area contributed by atoms with Gasteiger partial charge in [-0.05, 0) is 38.3 Å². The van der Waals surface area contributed by atoms with Crippen LogP contribution in [0.25, 0.3) is 0 Å². The largest absolute Gasteiger partial charge is 0.396 e. The van der Waals surface area contributed by atoms with Crippen molar-refractivity contribution in [3.8, 4) is 0 Å². The number of aryl methyl sites for hydroxylation is 1. The average Bonchev–Trinajstić information content (AvgIpc) is 2.20. The molecule has 4 nitrogen and oxygen atoms in total. The summed E-state index contributed by atoms with van der Waals surface area (Å²) in [6, 6.07) is 1.90. The number of piperidine rings is 1. The number of anilines is 2. The number of nitrogens with two attached hydrogens (primary N) is 1. The van der Waals surface area contributed by atoms with Gasteiger partial charge in [0.1, 0.15) is 0 Å². The molecule has 1 saturated heterocycles. The van der Waals surface area contributed by atoms with Crippen molar-refractivity contribution >= 4 is 11.5 Å². The lowest BCUT2D eigenvalue weighted by atomic mass is 9.95. The lowest BCUT2D eigenvalue weighted by Crippen LogP contribution is -2.46. The molecular formula is C12H19N3O. The first-order chi connectivity index (χ1) is 7.49. The van der Waals surface area contributed by atoms with Crippen LogP contribution in [-0.2, 0) is 0 Å². The van der Waals surface area contributed by atoms with Crippen molar-refractivity contribution in [3.63, 3.8) is 0 Å². The molecule has 1 aromatic rings. The molecule has 1 aliphatic heterocycles. The second-order valence-electron chi connectivity index (χ2n) is 4.89. The van der Waals surface area contributed by atoms with E-state index >= 15 is 0 Å². The SMILES string of the molecule is Cc1ccnc(N2CCCC(C)(O)C2)c1N.